The molecule has 4 heteroatoms. The Balaban J connectivity index is 2.20. The number of rotatable bonds is 5. The van der Waals surface area contributed by atoms with Crippen molar-refractivity contribution in [2.24, 2.45) is 0 Å². The highest BCUT2D eigenvalue weighted by atomic mass is 32.2. The molecule has 2 aromatic rings. The van der Waals surface area contributed by atoms with Crippen molar-refractivity contribution in [1.29, 1.82) is 0 Å². The molecule has 23 heavy (non-hydrogen) atoms. The Morgan fingerprint density at radius 2 is 1.52 bits per heavy atom. The van der Waals surface area contributed by atoms with Gasteiger partial charge in [0.05, 0.1) is 5.75 Å². The zero-order valence-corrected chi connectivity index (χ0v) is 15.3. The second kappa shape index (κ2) is 6.85. The van der Waals surface area contributed by atoms with Gasteiger partial charge in [0.2, 0.25) is 10.0 Å². The molecule has 0 aliphatic carbocycles. The van der Waals surface area contributed by atoms with Gasteiger partial charge >= 0.3 is 0 Å². The summed E-state index contributed by atoms with van der Waals surface area (Å²) in [5.74, 6) is 0.00784. The summed E-state index contributed by atoms with van der Waals surface area (Å²) in [6.45, 7) is 9.97. The fourth-order valence-electron chi connectivity index (χ4n) is 2.80. The van der Waals surface area contributed by atoms with Crippen molar-refractivity contribution < 1.29 is 8.42 Å². The van der Waals surface area contributed by atoms with Gasteiger partial charge in [-0.05, 0) is 68.0 Å². The van der Waals surface area contributed by atoms with E-state index in [4.69, 9.17) is 0 Å². The summed E-state index contributed by atoms with van der Waals surface area (Å²) in [6, 6.07) is 11.5. The van der Waals surface area contributed by atoms with E-state index in [0.29, 0.717) is 0 Å². The molecule has 0 saturated heterocycles. The van der Waals surface area contributed by atoms with E-state index in [1.165, 1.54) is 11.1 Å². The maximum atomic E-state index is 12.5. The quantitative estimate of drug-likeness (QED) is 0.896. The van der Waals surface area contributed by atoms with Gasteiger partial charge in [0.25, 0.3) is 0 Å². The van der Waals surface area contributed by atoms with Gasteiger partial charge in [-0.3, -0.25) is 0 Å². The van der Waals surface area contributed by atoms with Crippen molar-refractivity contribution in [3.63, 3.8) is 0 Å². The predicted octanol–water partition coefficient (Wildman–Crippen LogP) is 4.10. The second-order valence-corrected chi connectivity index (χ2v) is 8.07. The summed E-state index contributed by atoms with van der Waals surface area (Å²) >= 11 is 0. The molecule has 3 nitrogen and oxygen atoms in total. The fourth-order valence-corrected chi connectivity index (χ4v) is 4.28. The maximum Gasteiger partial charge on any atom is 0.216 e. The molecule has 1 atom stereocenters. The van der Waals surface area contributed by atoms with Gasteiger partial charge in [0, 0.05) is 6.04 Å². The van der Waals surface area contributed by atoms with E-state index in [1.54, 1.807) is 0 Å². The monoisotopic (exact) mass is 331 g/mol. The van der Waals surface area contributed by atoms with Gasteiger partial charge in [-0.2, -0.15) is 0 Å². The highest BCUT2D eigenvalue weighted by Gasteiger charge is 2.19. The minimum atomic E-state index is -3.39. The Morgan fingerprint density at radius 3 is 2.17 bits per heavy atom. The van der Waals surface area contributed by atoms with Crippen LogP contribution in [0.4, 0.5) is 0 Å². The van der Waals surface area contributed by atoms with E-state index in [9.17, 15) is 8.42 Å². The summed E-state index contributed by atoms with van der Waals surface area (Å²) in [5.41, 5.74) is 6.37. The molecule has 0 bridgehead atoms. The summed E-state index contributed by atoms with van der Waals surface area (Å²) in [6.07, 6.45) is 0. The summed E-state index contributed by atoms with van der Waals surface area (Å²) in [4.78, 5) is 0. The van der Waals surface area contributed by atoms with Crippen LogP contribution in [0.3, 0.4) is 0 Å². The molecular formula is C19H25NO2S. The number of sulfonamides is 1. The highest BCUT2D eigenvalue weighted by molar-refractivity contribution is 7.88. The van der Waals surface area contributed by atoms with Gasteiger partial charge in [0.15, 0.2) is 0 Å². The summed E-state index contributed by atoms with van der Waals surface area (Å²) in [5, 5.41) is 0. The van der Waals surface area contributed by atoms with Crippen molar-refractivity contribution >= 4 is 10.0 Å². The van der Waals surface area contributed by atoms with E-state index in [2.05, 4.69) is 23.8 Å². The third-order valence-electron chi connectivity index (χ3n) is 4.31. The smallest absolute Gasteiger partial charge is 0.212 e. The molecule has 124 valence electrons. The first-order chi connectivity index (χ1) is 10.7. The molecule has 2 rings (SSSR count). The normalized spacial score (nSPS) is 13.1. The lowest BCUT2D eigenvalue weighted by molar-refractivity contribution is 0.565. The molecule has 0 aliphatic rings. The Kier molecular flexibility index (Phi) is 5.27. The van der Waals surface area contributed by atoms with Gasteiger partial charge < -0.3 is 0 Å². The average Bonchev–Trinajstić information content (AvgIpc) is 2.44. The van der Waals surface area contributed by atoms with Crippen molar-refractivity contribution in [3.05, 3.63) is 69.8 Å². The first kappa shape index (κ1) is 17.7. The molecule has 0 aliphatic heterocycles. The lowest BCUT2D eigenvalue weighted by Crippen LogP contribution is -2.28. The van der Waals surface area contributed by atoms with E-state index in [1.807, 2.05) is 52.0 Å². The third-order valence-corrected chi connectivity index (χ3v) is 5.72. The van der Waals surface area contributed by atoms with Crippen LogP contribution in [0.1, 0.15) is 46.3 Å². The number of benzene rings is 2. The topological polar surface area (TPSA) is 46.2 Å². The largest absolute Gasteiger partial charge is 0.216 e. The molecular weight excluding hydrogens is 306 g/mol. The highest BCUT2D eigenvalue weighted by Crippen LogP contribution is 2.23. The molecule has 0 fully saturated rings. The molecule has 0 saturated carbocycles. The minimum Gasteiger partial charge on any atom is -0.212 e. The number of hydrogen-bond acceptors (Lipinski definition) is 2. The number of hydrogen-bond donors (Lipinski definition) is 1. The van der Waals surface area contributed by atoms with Crippen LogP contribution in [0, 0.1) is 27.7 Å². The van der Waals surface area contributed by atoms with Crippen molar-refractivity contribution in [2.45, 2.75) is 46.4 Å². The fraction of sp³-hybridized carbons (Fsp3) is 0.368. The molecule has 0 spiro atoms. The van der Waals surface area contributed by atoms with Crippen LogP contribution in [0.2, 0.25) is 0 Å². The minimum absolute atomic E-state index is 0.00784. The van der Waals surface area contributed by atoms with Gasteiger partial charge in [0.1, 0.15) is 0 Å². The van der Waals surface area contributed by atoms with Gasteiger partial charge in [-0.25, -0.2) is 13.1 Å². The Hall–Kier alpha value is -1.65. The van der Waals surface area contributed by atoms with E-state index >= 15 is 0 Å². The third kappa shape index (κ3) is 4.43. The molecule has 0 radical (unpaired) electrons. The lowest BCUT2D eigenvalue weighted by atomic mass is 9.97. The molecule has 1 N–H and O–H groups in total. The number of aryl methyl sites for hydroxylation is 4. The molecule has 0 amide bonds. The number of nitrogens with one attached hydrogen (secondary N) is 1. The van der Waals surface area contributed by atoms with Crippen LogP contribution >= 0.6 is 0 Å². The molecule has 0 heterocycles. The second-order valence-electron chi connectivity index (χ2n) is 6.32. The lowest BCUT2D eigenvalue weighted by Gasteiger charge is -2.19. The van der Waals surface area contributed by atoms with Crippen LogP contribution in [0.25, 0.3) is 0 Å². The van der Waals surface area contributed by atoms with Crippen LogP contribution in [-0.2, 0) is 15.8 Å². The predicted molar refractivity (Wildman–Crippen MR) is 96.0 cm³/mol. The SMILES string of the molecule is Cc1cc(C)c(C(C)NS(=O)(=O)Cc2ccccc2C)cc1C. The van der Waals surface area contributed by atoms with Crippen LogP contribution < -0.4 is 4.72 Å². The zero-order valence-electron chi connectivity index (χ0n) is 14.5. The van der Waals surface area contributed by atoms with E-state index < -0.39 is 10.0 Å². The van der Waals surface area contributed by atoms with Gasteiger partial charge in [-0.15, -0.1) is 0 Å². The van der Waals surface area contributed by atoms with Crippen LogP contribution in [-0.4, -0.2) is 8.42 Å². The Morgan fingerprint density at radius 1 is 0.913 bits per heavy atom. The molecule has 0 aromatic heterocycles. The average molecular weight is 331 g/mol. The van der Waals surface area contributed by atoms with Crippen molar-refractivity contribution in [2.75, 3.05) is 0 Å². The van der Waals surface area contributed by atoms with Crippen molar-refractivity contribution in [1.82, 2.24) is 4.72 Å². The van der Waals surface area contributed by atoms with Crippen LogP contribution in [0.5, 0.6) is 0 Å². The van der Waals surface area contributed by atoms with E-state index in [0.717, 1.165) is 22.3 Å². The van der Waals surface area contributed by atoms with E-state index in [-0.39, 0.29) is 11.8 Å². The maximum absolute atomic E-state index is 12.5. The van der Waals surface area contributed by atoms with Crippen molar-refractivity contribution in [3.8, 4) is 0 Å². The standard InChI is InChI=1S/C19H25NO2S/c1-13-8-6-7-9-18(13)12-23(21,22)20-17(5)19-11-15(3)14(2)10-16(19)4/h6-11,17,20H,12H2,1-5H3. The molecule has 2 aromatic carbocycles. The van der Waals surface area contributed by atoms with Crippen LogP contribution in [0.15, 0.2) is 36.4 Å². The first-order valence-corrected chi connectivity index (χ1v) is 9.47. The van der Waals surface area contributed by atoms with Gasteiger partial charge in [-0.1, -0.05) is 36.4 Å². The summed E-state index contributed by atoms with van der Waals surface area (Å²) in [7, 11) is -3.39. The Bertz CT molecular complexity index is 810. The zero-order chi connectivity index (χ0) is 17.2. The molecule has 1 unspecified atom stereocenters. The first-order valence-electron chi connectivity index (χ1n) is 7.82. The Labute approximate surface area is 139 Å². The summed E-state index contributed by atoms with van der Waals surface area (Å²) < 4.78 is 27.8.